The molecule has 2 unspecified atom stereocenters. The lowest BCUT2D eigenvalue weighted by atomic mass is 10.1. The van der Waals surface area contributed by atoms with Crippen LogP contribution < -0.4 is 10.1 Å². The largest absolute Gasteiger partial charge is 0.478 e. The topological polar surface area (TPSA) is 58.6 Å². The van der Waals surface area contributed by atoms with E-state index in [0.29, 0.717) is 10.8 Å². The zero-order valence-electron chi connectivity index (χ0n) is 8.03. The van der Waals surface area contributed by atoms with E-state index in [9.17, 15) is 4.79 Å². The van der Waals surface area contributed by atoms with Crippen LogP contribution in [0.4, 0.5) is 5.69 Å². The second-order valence-electron chi connectivity index (χ2n) is 3.43. The Morgan fingerprint density at radius 1 is 1.60 bits per heavy atom. The average molecular weight is 228 g/mol. The van der Waals surface area contributed by atoms with Crippen LogP contribution in [-0.2, 0) is 4.79 Å². The molecule has 15 heavy (non-hydrogen) atoms. The summed E-state index contributed by atoms with van der Waals surface area (Å²) in [5.41, 5.74) is 0.729. The minimum Gasteiger partial charge on any atom is -0.478 e. The van der Waals surface area contributed by atoms with Crippen molar-refractivity contribution in [3.63, 3.8) is 0 Å². The molecule has 0 aliphatic carbocycles. The fraction of sp³-hybridized carbons (Fsp3) is 0.300. The number of benzene rings is 1. The standard InChI is InChI=1S/C10H10ClNO3/c1-5-8(10(13)14)15-9-6(11)3-2-4-7(9)12-5/h2-5,8,12H,1H3,(H,13,14). The number of nitrogens with one attached hydrogen (secondary N) is 1. The van der Waals surface area contributed by atoms with Crippen molar-refractivity contribution in [2.75, 3.05) is 5.32 Å². The van der Waals surface area contributed by atoms with Gasteiger partial charge in [-0.3, -0.25) is 0 Å². The number of carbonyl (C=O) groups is 1. The van der Waals surface area contributed by atoms with Crippen molar-refractivity contribution in [1.29, 1.82) is 0 Å². The molecule has 0 radical (unpaired) electrons. The SMILES string of the molecule is CC1Nc2cccc(Cl)c2OC1C(=O)O. The average Bonchev–Trinajstić information content (AvgIpc) is 2.16. The maximum atomic E-state index is 10.9. The number of hydrogen-bond acceptors (Lipinski definition) is 3. The minimum absolute atomic E-state index is 0.284. The van der Waals surface area contributed by atoms with Gasteiger partial charge >= 0.3 is 5.97 Å². The van der Waals surface area contributed by atoms with E-state index in [2.05, 4.69) is 5.32 Å². The van der Waals surface area contributed by atoms with Crippen LogP contribution in [0.3, 0.4) is 0 Å². The summed E-state index contributed by atoms with van der Waals surface area (Å²) in [5.74, 6) is -0.592. The molecule has 2 rings (SSSR count). The normalized spacial score (nSPS) is 23.6. The Balaban J connectivity index is 2.39. The molecular weight excluding hydrogens is 218 g/mol. The molecule has 4 nitrogen and oxygen atoms in total. The van der Waals surface area contributed by atoms with Crippen LogP contribution >= 0.6 is 11.6 Å². The number of fused-ring (bicyclic) bond motifs is 1. The molecule has 0 spiro atoms. The lowest BCUT2D eigenvalue weighted by Gasteiger charge is -2.30. The van der Waals surface area contributed by atoms with Crippen molar-refractivity contribution >= 4 is 23.3 Å². The van der Waals surface area contributed by atoms with Crippen molar-refractivity contribution in [2.24, 2.45) is 0 Å². The van der Waals surface area contributed by atoms with E-state index >= 15 is 0 Å². The van der Waals surface area contributed by atoms with Crippen LogP contribution in [0.1, 0.15) is 6.92 Å². The van der Waals surface area contributed by atoms with Crippen LogP contribution in [0.5, 0.6) is 5.75 Å². The fourth-order valence-corrected chi connectivity index (χ4v) is 1.78. The Bertz CT molecular complexity index is 408. The van der Waals surface area contributed by atoms with Crippen molar-refractivity contribution in [1.82, 2.24) is 0 Å². The predicted molar refractivity (Wildman–Crippen MR) is 56.6 cm³/mol. The summed E-state index contributed by atoms with van der Waals surface area (Å²) in [5, 5.41) is 12.4. The molecule has 1 aromatic carbocycles. The van der Waals surface area contributed by atoms with Gasteiger partial charge in [-0.15, -0.1) is 0 Å². The molecule has 0 amide bonds. The van der Waals surface area contributed by atoms with Crippen LogP contribution in [0.15, 0.2) is 18.2 Å². The van der Waals surface area contributed by atoms with Crippen molar-refractivity contribution in [3.8, 4) is 5.75 Å². The van der Waals surface area contributed by atoms with E-state index in [-0.39, 0.29) is 6.04 Å². The molecule has 2 N–H and O–H groups in total. The molecule has 0 fully saturated rings. The highest BCUT2D eigenvalue weighted by atomic mass is 35.5. The number of hydrogen-bond donors (Lipinski definition) is 2. The predicted octanol–water partition coefficient (Wildman–Crippen LogP) is 1.99. The van der Waals surface area contributed by atoms with E-state index in [1.165, 1.54) is 0 Å². The van der Waals surface area contributed by atoms with Gasteiger partial charge in [0.1, 0.15) is 0 Å². The summed E-state index contributed by atoms with van der Waals surface area (Å²) >= 11 is 5.90. The Hall–Kier alpha value is -1.42. The second kappa shape index (κ2) is 3.62. The van der Waals surface area contributed by atoms with Crippen molar-refractivity contribution in [3.05, 3.63) is 23.2 Å². The zero-order chi connectivity index (χ0) is 11.0. The maximum Gasteiger partial charge on any atom is 0.347 e. The number of rotatable bonds is 1. The molecule has 2 atom stereocenters. The number of halogens is 1. The third-order valence-electron chi connectivity index (χ3n) is 2.29. The maximum absolute atomic E-state index is 10.9. The molecule has 0 saturated heterocycles. The number of ether oxygens (including phenoxy) is 1. The van der Waals surface area contributed by atoms with Gasteiger partial charge in [0.15, 0.2) is 5.75 Å². The van der Waals surface area contributed by atoms with Crippen LogP contribution in [0.25, 0.3) is 0 Å². The number of aliphatic carboxylic acids is 1. The molecule has 0 saturated carbocycles. The number of carboxylic acid groups (broad SMARTS) is 1. The van der Waals surface area contributed by atoms with Crippen LogP contribution in [-0.4, -0.2) is 23.2 Å². The Kier molecular flexibility index (Phi) is 2.44. The number of para-hydroxylation sites is 1. The highest BCUT2D eigenvalue weighted by Crippen LogP contribution is 2.37. The summed E-state index contributed by atoms with van der Waals surface area (Å²) in [4.78, 5) is 10.9. The molecule has 1 heterocycles. The number of anilines is 1. The Labute approximate surface area is 91.8 Å². The van der Waals surface area contributed by atoms with Crippen molar-refractivity contribution in [2.45, 2.75) is 19.1 Å². The van der Waals surface area contributed by atoms with Crippen LogP contribution in [0.2, 0.25) is 5.02 Å². The summed E-state index contributed by atoms with van der Waals surface area (Å²) < 4.78 is 5.34. The van der Waals surface area contributed by atoms with E-state index in [1.54, 1.807) is 25.1 Å². The smallest absolute Gasteiger partial charge is 0.347 e. The molecule has 80 valence electrons. The van der Waals surface area contributed by atoms with E-state index in [1.807, 2.05) is 0 Å². The van der Waals surface area contributed by atoms with E-state index in [0.717, 1.165) is 5.69 Å². The lowest BCUT2D eigenvalue weighted by Crippen LogP contribution is -2.44. The Morgan fingerprint density at radius 3 is 3.00 bits per heavy atom. The van der Waals surface area contributed by atoms with Gasteiger partial charge < -0.3 is 15.2 Å². The highest BCUT2D eigenvalue weighted by molar-refractivity contribution is 6.32. The third-order valence-corrected chi connectivity index (χ3v) is 2.59. The van der Waals surface area contributed by atoms with E-state index in [4.69, 9.17) is 21.4 Å². The van der Waals surface area contributed by atoms with Gasteiger partial charge in [-0.2, -0.15) is 0 Å². The van der Waals surface area contributed by atoms with Gasteiger partial charge in [0.05, 0.1) is 16.8 Å². The van der Waals surface area contributed by atoms with Gasteiger partial charge in [0.2, 0.25) is 6.10 Å². The van der Waals surface area contributed by atoms with Gasteiger partial charge in [0.25, 0.3) is 0 Å². The summed E-state index contributed by atoms with van der Waals surface area (Å²) in [6.07, 6.45) is -0.905. The summed E-state index contributed by atoms with van der Waals surface area (Å²) in [6.45, 7) is 1.75. The summed E-state index contributed by atoms with van der Waals surface area (Å²) in [7, 11) is 0. The first-order valence-electron chi connectivity index (χ1n) is 4.54. The second-order valence-corrected chi connectivity index (χ2v) is 3.83. The Morgan fingerprint density at radius 2 is 2.33 bits per heavy atom. The van der Waals surface area contributed by atoms with Gasteiger partial charge in [-0.25, -0.2) is 4.79 Å². The molecule has 1 aliphatic rings. The minimum atomic E-state index is -0.999. The number of carboxylic acids is 1. The van der Waals surface area contributed by atoms with Gasteiger partial charge in [-0.1, -0.05) is 17.7 Å². The molecular formula is C10H10ClNO3. The first kappa shape index (κ1) is 10.1. The lowest BCUT2D eigenvalue weighted by molar-refractivity contribution is -0.145. The quantitative estimate of drug-likeness (QED) is 0.770. The molecule has 1 aromatic rings. The van der Waals surface area contributed by atoms with Gasteiger partial charge in [0, 0.05) is 0 Å². The van der Waals surface area contributed by atoms with Gasteiger partial charge in [-0.05, 0) is 19.1 Å². The monoisotopic (exact) mass is 227 g/mol. The molecule has 1 aliphatic heterocycles. The fourth-order valence-electron chi connectivity index (χ4n) is 1.56. The zero-order valence-corrected chi connectivity index (χ0v) is 8.78. The van der Waals surface area contributed by atoms with Crippen LogP contribution in [0, 0.1) is 0 Å². The first-order chi connectivity index (χ1) is 7.09. The first-order valence-corrected chi connectivity index (χ1v) is 4.92. The molecule has 0 bridgehead atoms. The third kappa shape index (κ3) is 1.72. The van der Waals surface area contributed by atoms with Crippen molar-refractivity contribution < 1.29 is 14.6 Å². The molecule has 0 aromatic heterocycles. The van der Waals surface area contributed by atoms with E-state index < -0.39 is 12.1 Å². The summed E-state index contributed by atoms with van der Waals surface area (Å²) in [6, 6.07) is 4.96. The molecule has 5 heteroatoms. The highest BCUT2D eigenvalue weighted by Gasteiger charge is 2.32.